The highest BCUT2D eigenvalue weighted by molar-refractivity contribution is 7.23. The van der Waals surface area contributed by atoms with Gasteiger partial charge in [0.2, 0.25) is 0 Å². The second-order valence-electron chi connectivity index (χ2n) is 12.0. The first-order valence-corrected chi connectivity index (χ1v) is 14.3. The van der Waals surface area contributed by atoms with Crippen LogP contribution in [0.15, 0.2) is 48.7 Å². The Balaban J connectivity index is 1.04. The molecule has 9 nitrogen and oxygen atoms in total. The van der Waals surface area contributed by atoms with Gasteiger partial charge in [-0.15, -0.1) is 0 Å². The number of imidazole rings is 1. The average molecular weight is 560 g/mol. The van der Waals surface area contributed by atoms with E-state index in [1.807, 2.05) is 61.7 Å². The van der Waals surface area contributed by atoms with Gasteiger partial charge in [-0.05, 0) is 69.9 Å². The molecular weight excluding hydrogens is 526 g/mol. The van der Waals surface area contributed by atoms with Crippen molar-refractivity contribution < 1.29 is 19.1 Å². The van der Waals surface area contributed by atoms with E-state index in [0.717, 1.165) is 52.4 Å². The van der Waals surface area contributed by atoms with Crippen molar-refractivity contribution >= 4 is 44.4 Å². The van der Waals surface area contributed by atoms with Crippen molar-refractivity contribution in [1.29, 1.82) is 0 Å². The number of fused-ring (bicyclic) bond motifs is 3. The van der Waals surface area contributed by atoms with Gasteiger partial charge in [0.25, 0.3) is 11.8 Å². The highest BCUT2D eigenvalue weighted by Crippen LogP contribution is 2.51. The highest BCUT2D eigenvalue weighted by atomic mass is 32.1. The van der Waals surface area contributed by atoms with Gasteiger partial charge in [0.05, 0.1) is 15.9 Å². The van der Waals surface area contributed by atoms with Gasteiger partial charge in [-0.1, -0.05) is 23.5 Å². The fourth-order valence-corrected chi connectivity index (χ4v) is 6.89. The lowest BCUT2D eigenvalue weighted by Crippen LogP contribution is -2.65. The average Bonchev–Trinajstić information content (AvgIpc) is 3.43. The number of hydrogen-bond acceptors (Lipinski definition) is 6. The zero-order valence-electron chi connectivity index (χ0n) is 23.1. The number of carbonyl (C=O) groups excluding carboxylic acids is 3. The molecule has 1 saturated carbocycles. The number of rotatable bonds is 5. The first-order valence-electron chi connectivity index (χ1n) is 13.5. The molecule has 4 aromatic rings. The number of benzene rings is 2. The number of thiazole rings is 1. The summed E-state index contributed by atoms with van der Waals surface area (Å²) in [6.45, 7) is 7.76. The molecular formula is C30H33N5O4S. The van der Waals surface area contributed by atoms with Gasteiger partial charge in [0, 0.05) is 55.0 Å². The van der Waals surface area contributed by atoms with Gasteiger partial charge in [0.15, 0.2) is 4.96 Å². The third-order valence-electron chi connectivity index (χ3n) is 7.73. The van der Waals surface area contributed by atoms with E-state index in [1.54, 1.807) is 35.4 Å². The molecule has 2 aromatic carbocycles. The second-order valence-corrected chi connectivity index (χ2v) is 13.0. The van der Waals surface area contributed by atoms with Crippen molar-refractivity contribution in [2.45, 2.75) is 39.2 Å². The SMILES string of the molecule is CNC(=O)c1ccc(-c2cn3c(n2)sc2cc(C(=O)NCC4CC5(C4)CN(C(=O)OC(C)(C)C)C5)ccc23)cc1. The minimum Gasteiger partial charge on any atom is -0.444 e. The Labute approximate surface area is 236 Å². The zero-order valence-corrected chi connectivity index (χ0v) is 23.9. The number of nitrogens with zero attached hydrogens (tertiary/aromatic N) is 3. The summed E-state index contributed by atoms with van der Waals surface area (Å²) in [5.41, 5.74) is 3.72. The zero-order chi connectivity index (χ0) is 28.2. The molecule has 0 unspecified atom stereocenters. The van der Waals surface area contributed by atoms with Crippen molar-refractivity contribution in [2.75, 3.05) is 26.7 Å². The summed E-state index contributed by atoms with van der Waals surface area (Å²) in [5.74, 6) is 0.238. The van der Waals surface area contributed by atoms with Gasteiger partial charge in [-0.2, -0.15) is 0 Å². The summed E-state index contributed by atoms with van der Waals surface area (Å²) in [7, 11) is 1.61. The Kier molecular flexibility index (Phi) is 6.33. The predicted octanol–water partition coefficient (Wildman–Crippen LogP) is 4.95. The molecule has 10 heteroatoms. The van der Waals surface area contributed by atoms with Crippen molar-refractivity contribution in [2.24, 2.45) is 11.3 Å². The lowest BCUT2D eigenvalue weighted by molar-refractivity contribution is -0.0938. The van der Waals surface area contributed by atoms with Gasteiger partial charge < -0.3 is 20.3 Å². The number of hydrogen-bond donors (Lipinski definition) is 2. The summed E-state index contributed by atoms with van der Waals surface area (Å²) in [6.07, 6.45) is 3.79. The number of likely N-dealkylation sites (tertiary alicyclic amines) is 1. The Morgan fingerprint density at radius 3 is 2.42 bits per heavy atom. The number of aromatic nitrogens is 2. The Morgan fingerprint density at radius 2 is 1.75 bits per heavy atom. The largest absolute Gasteiger partial charge is 0.444 e. The van der Waals surface area contributed by atoms with Crippen LogP contribution < -0.4 is 10.6 Å². The predicted molar refractivity (Wildman–Crippen MR) is 155 cm³/mol. The Bertz CT molecular complexity index is 1620. The molecule has 2 fully saturated rings. The third kappa shape index (κ3) is 4.92. The maximum Gasteiger partial charge on any atom is 0.410 e. The molecule has 0 bridgehead atoms. The number of amides is 3. The molecule has 0 radical (unpaired) electrons. The Morgan fingerprint density at radius 1 is 1.05 bits per heavy atom. The minimum absolute atomic E-state index is 0.0743. The van der Waals surface area contributed by atoms with E-state index in [4.69, 9.17) is 9.72 Å². The third-order valence-corrected chi connectivity index (χ3v) is 8.74. The molecule has 1 spiro atoms. The lowest BCUT2D eigenvalue weighted by atomic mass is 9.58. The number of nitrogens with one attached hydrogen (secondary N) is 2. The van der Waals surface area contributed by atoms with E-state index < -0.39 is 5.60 Å². The van der Waals surface area contributed by atoms with E-state index in [1.165, 1.54) is 0 Å². The van der Waals surface area contributed by atoms with Gasteiger partial charge in [0.1, 0.15) is 5.60 Å². The van der Waals surface area contributed by atoms with Crippen LogP contribution in [0.25, 0.3) is 26.4 Å². The first-order chi connectivity index (χ1) is 19.0. The normalized spacial score (nSPS) is 16.6. The topological polar surface area (TPSA) is 105 Å². The van der Waals surface area contributed by atoms with Gasteiger partial charge in [-0.3, -0.25) is 14.0 Å². The standard InChI is InChI=1S/C30H33N5O4S/c1-29(2,3)39-28(38)34-16-30(17-34)12-18(13-30)14-32-26(37)21-9-10-23-24(11-21)40-27-33-22(15-35(23)27)19-5-7-20(8-6-19)25(36)31-4/h5-11,15,18H,12-14,16-17H2,1-4H3,(H,31,36)(H,32,37). The van der Waals surface area contributed by atoms with Crippen molar-refractivity contribution in [1.82, 2.24) is 24.9 Å². The quantitative estimate of drug-likeness (QED) is 0.360. The second kappa shape index (κ2) is 9.62. The number of ether oxygens (including phenoxy) is 1. The van der Waals surface area contributed by atoms with Crippen LogP contribution in [0.3, 0.4) is 0 Å². The summed E-state index contributed by atoms with van der Waals surface area (Å²) < 4.78 is 8.49. The molecule has 3 heterocycles. The van der Waals surface area contributed by atoms with Crippen LogP contribution in [-0.2, 0) is 4.74 Å². The minimum atomic E-state index is -0.478. The smallest absolute Gasteiger partial charge is 0.410 e. The van der Waals surface area contributed by atoms with Crippen LogP contribution in [0.1, 0.15) is 54.3 Å². The molecule has 1 aliphatic heterocycles. The molecule has 1 aliphatic carbocycles. The van der Waals surface area contributed by atoms with Crippen molar-refractivity contribution in [3.8, 4) is 11.3 Å². The van der Waals surface area contributed by atoms with E-state index in [-0.39, 0.29) is 23.3 Å². The van der Waals surface area contributed by atoms with Gasteiger partial charge in [-0.25, -0.2) is 9.78 Å². The molecule has 2 aliphatic rings. The van der Waals surface area contributed by atoms with Crippen LogP contribution in [-0.4, -0.2) is 64.5 Å². The number of carbonyl (C=O) groups is 3. The fourth-order valence-electron chi connectivity index (χ4n) is 5.84. The van der Waals surface area contributed by atoms with Crippen LogP contribution >= 0.6 is 11.3 Å². The van der Waals surface area contributed by atoms with Crippen LogP contribution in [0.4, 0.5) is 4.79 Å². The van der Waals surface area contributed by atoms with Gasteiger partial charge >= 0.3 is 6.09 Å². The monoisotopic (exact) mass is 559 g/mol. The molecule has 3 amide bonds. The van der Waals surface area contributed by atoms with Crippen LogP contribution in [0, 0.1) is 11.3 Å². The summed E-state index contributed by atoms with van der Waals surface area (Å²) in [5, 5.41) is 5.73. The van der Waals surface area contributed by atoms with Crippen molar-refractivity contribution in [3.63, 3.8) is 0 Å². The molecule has 1 saturated heterocycles. The van der Waals surface area contributed by atoms with E-state index in [9.17, 15) is 14.4 Å². The highest BCUT2D eigenvalue weighted by Gasteiger charge is 2.54. The molecule has 2 aromatic heterocycles. The molecule has 2 N–H and O–H groups in total. The first kappa shape index (κ1) is 26.3. The molecule has 6 rings (SSSR count). The maximum absolute atomic E-state index is 12.9. The Hall–Kier alpha value is -3.92. The molecule has 208 valence electrons. The summed E-state index contributed by atoms with van der Waals surface area (Å²) in [4.78, 5) is 44.3. The van der Waals surface area contributed by atoms with Crippen LogP contribution in [0.2, 0.25) is 0 Å². The molecule has 40 heavy (non-hydrogen) atoms. The maximum atomic E-state index is 12.9. The van der Waals surface area contributed by atoms with E-state index in [0.29, 0.717) is 23.6 Å². The summed E-state index contributed by atoms with van der Waals surface area (Å²) in [6, 6.07) is 13.1. The lowest BCUT2D eigenvalue weighted by Gasteiger charge is -2.58. The molecule has 0 atom stereocenters. The van der Waals surface area contributed by atoms with E-state index in [2.05, 4.69) is 10.6 Å². The van der Waals surface area contributed by atoms with Crippen LogP contribution in [0.5, 0.6) is 0 Å². The fraction of sp³-hybridized carbons (Fsp3) is 0.400. The van der Waals surface area contributed by atoms with Crippen molar-refractivity contribution in [3.05, 3.63) is 59.8 Å². The summed E-state index contributed by atoms with van der Waals surface area (Å²) >= 11 is 1.54. The van der Waals surface area contributed by atoms with E-state index >= 15 is 0 Å².